The highest BCUT2D eigenvalue weighted by molar-refractivity contribution is 7.83. The fourth-order valence-electron chi connectivity index (χ4n) is 0.908. The Morgan fingerprint density at radius 1 is 0.857 bits per heavy atom. The highest BCUT2D eigenvalue weighted by Crippen LogP contribution is 2.11. The van der Waals surface area contributed by atoms with Crippen molar-refractivity contribution in [1.82, 2.24) is 0 Å². The zero-order valence-corrected chi connectivity index (χ0v) is 12.7. The number of hydrogen-bond donors (Lipinski definition) is 4. The van der Waals surface area contributed by atoms with E-state index in [1.165, 1.54) is 5.56 Å². The largest absolute Gasteiger partial charge is 0.425 e. The lowest BCUT2D eigenvalue weighted by atomic mass is 10.0. The molecule has 0 aliphatic carbocycles. The fraction of sp³-hybridized carbons (Fsp3) is 0.333. The van der Waals surface area contributed by atoms with Crippen LogP contribution >= 0.6 is 0 Å². The summed E-state index contributed by atoms with van der Waals surface area (Å²) in [4.78, 5) is 0. The summed E-state index contributed by atoms with van der Waals surface area (Å²) in [6, 6.07) is 10.5. The first-order valence-corrected chi connectivity index (χ1v) is 7.82. The van der Waals surface area contributed by atoms with Crippen LogP contribution in [0, 0.1) is 0 Å². The Hall–Kier alpha value is -1.12. The maximum Gasteiger partial charge on any atom is 0.425 e. The molecule has 12 heteroatoms. The standard InChI is InChI=1S/C9H12.H2O8S2.H2O2/c1-8(2)9-6-4-3-5-7-9;1-9(2,3)7-8-10(4,5)6;1-2/h3-8H,1-2H3;(H,1,2,3)(H,4,5,6);1-2H. The molecule has 0 saturated carbocycles. The lowest BCUT2D eigenvalue weighted by Gasteiger charge is -2.01. The maximum absolute atomic E-state index is 9.51. The first-order chi connectivity index (χ1) is 9.51. The van der Waals surface area contributed by atoms with E-state index in [0.717, 1.165) is 0 Å². The van der Waals surface area contributed by atoms with E-state index < -0.39 is 20.8 Å². The molecule has 21 heavy (non-hydrogen) atoms. The molecule has 0 aromatic heterocycles. The van der Waals surface area contributed by atoms with Gasteiger partial charge in [0.25, 0.3) is 0 Å². The van der Waals surface area contributed by atoms with Crippen LogP contribution < -0.4 is 0 Å². The second kappa shape index (κ2) is 10.6. The minimum absolute atomic E-state index is 0.659. The molecular weight excluding hydrogens is 332 g/mol. The Bertz CT molecular complexity index is 532. The van der Waals surface area contributed by atoms with Crippen LogP contribution in [0.3, 0.4) is 0 Å². The number of benzene rings is 1. The van der Waals surface area contributed by atoms with E-state index in [1.54, 1.807) is 0 Å². The van der Waals surface area contributed by atoms with Crippen molar-refractivity contribution in [2.45, 2.75) is 19.8 Å². The topological polar surface area (TPSA) is 168 Å². The third kappa shape index (κ3) is 16.8. The molecule has 0 atom stereocenters. The van der Waals surface area contributed by atoms with Gasteiger partial charge in [-0.25, -0.2) is 0 Å². The van der Waals surface area contributed by atoms with E-state index in [-0.39, 0.29) is 0 Å². The maximum atomic E-state index is 9.51. The Morgan fingerprint density at radius 3 is 1.38 bits per heavy atom. The molecule has 1 rings (SSSR count). The van der Waals surface area contributed by atoms with Crippen LogP contribution in [0.25, 0.3) is 0 Å². The van der Waals surface area contributed by atoms with Crippen LogP contribution in [0.5, 0.6) is 0 Å². The molecule has 0 spiro atoms. The predicted molar refractivity (Wildman–Crippen MR) is 71.1 cm³/mol. The van der Waals surface area contributed by atoms with Gasteiger partial charge in [-0.05, 0) is 11.5 Å². The lowest BCUT2D eigenvalue weighted by Crippen LogP contribution is -2.10. The van der Waals surface area contributed by atoms with Gasteiger partial charge in [0.1, 0.15) is 0 Å². The Morgan fingerprint density at radius 2 is 1.19 bits per heavy atom. The quantitative estimate of drug-likeness (QED) is 0.354. The van der Waals surface area contributed by atoms with Gasteiger partial charge in [-0.15, -0.1) is 0 Å². The van der Waals surface area contributed by atoms with E-state index in [2.05, 4.69) is 46.8 Å². The van der Waals surface area contributed by atoms with Crippen molar-refractivity contribution in [1.29, 1.82) is 0 Å². The average molecular weight is 348 g/mol. The second-order valence-electron chi connectivity index (χ2n) is 3.56. The summed E-state index contributed by atoms with van der Waals surface area (Å²) >= 11 is 0. The van der Waals surface area contributed by atoms with Crippen molar-refractivity contribution < 1.29 is 45.1 Å². The van der Waals surface area contributed by atoms with Crippen molar-refractivity contribution in [2.75, 3.05) is 0 Å². The summed E-state index contributed by atoms with van der Waals surface area (Å²) in [5.74, 6) is 0.659. The van der Waals surface area contributed by atoms with E-state index >= 15 is 0 Å². The fourth-order valence-corrected chi connectivity index (χ4v) is 1.47. The van der Waals surface area contributed by atoms with Crippen molar-refractivity contribution in [3.8, 4) is 0 Å². The second-order valence-corrected chi connectivity index (χ2v) is 5.54. The summed E-state index contributed by atoms with van der Waals surface area (Å²) in [6.45, 7) is 4.41. The van der Waals surface area contributed by atoms with Gasteiger partial charge in [0.2, 0.25) is 0 Å². The smallest absolute Gasteiger partial charge is 0.262 e. The summed E-state index contributed by atoms with van der Waals surface area (Å²) in [5.41, 5.74) is 1.41. The molecule has 0 unspecified atom stereocenters. The molecule has 0 radical (unpaired) electrons. The van der Waals surface area contributed by atoms with Gasteiger partial charge >= 0.3 is 20.8 Å². The predicted octanol–water partition coefficient (Wildman–Crippen LogP) is 1.37. The van der Waals surface area contributed by atoms with Crippen LogP contribution in [-0.4, -0.2) is 36.5 Å². The Balaban J connectivity index is 0. The number of hydrogen-bond acceptors (Lipinski definition) is 8. The van der Waals surface area contributed by atoms with Gasteiger partial charge in [-0.3, -0.25) is 19.6 Å². The van der Waals surface area contributed by atoms with Gasteiger partial charge in [0.05, 0.1) is 0 Å². The van der Waals surface area contributed by atoms with Gasteiger partial charge < -0.3 is 0 Å². The zero-order valence-electron chi connectivity index (χ0n) is 11.0. The Labute approximate surface area is 122 Å². The average Bonchev–Trinajstić information content (AvgIpc) is 2.39. The summed E-state index contributed by atoms with van der Waals surface area (Å²) in [6.07, 6.45) is 0. The normalized spacial score (nSPS) is 11.0. The van der Waals surface area contributed by atoms with Crippen LogP contribution in [0.4, 0.5) is 0 Å². The Kier molecular flexibility index (Phi) is 11.2. The van der Waals surface area contributed by atoms with E-state index in [0.29, 0.717) is 5.92 Å². The van der Waals surface area contributed by atoms with Gasteiger partial charge in [0.15, 0.2) is 0 Å². The highest BCUT2D eigenvalue weighted by Gasteiger charge is 2.13. The van der Waals surface area contributed by atoms with Crippen molar-refractivity contribution >= 4 is 20.8 Å². The van der Waals surface area contributed by atoms with E-state index in [4.69, 9.17) is 19.6 Å². The molecule has 0 aliphatic rings. The van der Waals surface area contributed by atoms with Crippen LogP contribution in [0.15, 0.2) is 30.3 Å². The monoisotopic (exact) mass is 348 g/mol. The first-order valence-electron chi connectivity index (χ1n) is 5.09. The van der Waals surface area contributed by atoms with Crippen molar-refractivity contribution in [2.24, 2.45) is 0 Å². The van der Waals surface area contributed by atoms with E-state index in [1.807, 2.05) is 6.07 Å². The van der Waals surface area contributed by atoms with Crippen LogP contribution in [0.1, 0.15) is 25.3 Å². The van der Waals surface area contributed by atoms with Gasteiger partial charge in [-0.1, -0.05) is 52.8 Å². The third-order valence-electron chi connectivity index (χ3n) is 1.67. The lowest BCUT2D eigenvalue weighted by molar-refractivity contribution is -0.176. The highest BCUT2D eigenvalue weighted by atomic mass is 32.3. The molecular formula is C9H16O10S2. The van der Waals surface area contributed by atoms with Crippen LogP contribution in [-0.2, 0) is 29.5 Å². The molecule has 0 amide bonds. The molecule has 0 saturated heterocycles. The van der Waals surface area contributed by atoms with Crippen molar-refractivity contribution in [3.63, 3.8) is 0 Å². The molecule has 0 aliphatic heterocycles. The number of rotatable bonds is 4. The molecule has 0 bridgehead atoms. The molecule has 124 valence electrons. The van der Waals surface area contributed by atoms with Crippen LogP contribution in [0.2, 0.25) is 0 Å². The molecule has 1 aromatic rings. The molecule has 0 fully saturated rings. The SMILES string of the molecule is CC(C)c1ccccc1.O=S(=O)(O)OOS(=O)(=O)O.OO. The first kappa shape index (κ1) is 22.2. The summed E-state index contributed by atoms with van der Waals surface area (Å²) in [5, 5.41) is 12.0. The molecule has 0 heterocycles. The van der Waals surface area contributed by atoms with Crippen molar-refractivity contribution in [3.05, 3.63) is 35.9 Å². The molecule has 1 aromatic carbocycles. The van der Waals surface area contributed by atoms with Gasteiger partial charge in [-0.2, -0.15) is 16.8 Å². The third-order valence-corrected chi connectivity index (χ3v) is 2.23. The zero-order chi connectivity index (χ0) is 17.1. The summed E-state index contributed by atoms with van der Waals surface area (Å²) < 4.78 is 58.9. The minimum Gasteiger partial charge on any atom is -0.262 e. The van der Waals surface area contributed by atoms with Gasteiger partial charge in [0, 0.05) is 0 Å². The van der Waals surface area contributed by atoms with E-state index in [9.17, 15) is 16.8 Å². The molecule has 4 N–H and O–H groups in total. The minimum atomic E-state index is -5.02. The summed E-state index contributed by atoms with van der Waals surface area (Å²) in [7, 11) is -10.0. The molecule has 10 nitrogen and oxygen atoms in total.